The molecule has 0 spiro atoms. The van der Waals surface area contributed by atoms with Crippen LogP contribution in [0.2, 0.25) is 13.1 Å². The van der Waals surface area contributed by atoms with Gasteiger partial charge >= 0.3 is 0 Å². The van der Waals surface area contributed by atoms with Crippen LogP contribution in [-0.2, 0) is 10.8 Å². The zero-order chi connectivity index (χ0) is 17.8. The Morgan fingerprint density at radius 3 is 2.46 bits per heavy atom. The lowest BCUT2D eigenvalue weighted by molar-refractivity contribution is 0.184. The fourth-order valence-electron chi connectivity index (χ4n) is 2.53. The van der Waals surface area contributed by atoms with E-state index >= 15 is 0 Å². The zero-order valence-electron chi connectivity index (χ0n) is 16.3. The summed E-state index contributed by atoms with van der Waals surface area (Å²) in [6.07, 6.45) is 8.28. The number of aryl methyl sites for hydroxylation is 1. The highest BCUT2D eigenvalue weighted by atomic mass is 28.3. The maximum Gasteiger partial charge on any atom is 0.170 e. The van der Waals surface area contributed by atoms with E-state index in [1.54, 1.807) is 0 Å². The van der Waals surface area contributed by atoms with Crippen molar-refractivity contribution in [1.29, 1.82) is 0 Å². The number of hydrogen-bond acceptors (Lipinski definition) is 2. The fraction of sp³-hybridized carbons (Fsp3) is 0.619. The summed E-state index contributed by atoms with van der Waals surface area (Å²) < 4.78 is 5.95. The molecule has 1 atom stereocenters. The van der Waals surface area contributed by atoms with Gasteiger partial charge in [0.1, 0.15) is 0 Å². The van der Waals surface area contributed by atoms with E-state index in [1.165, 1.54) is 24.8 Å². The molecule has 1 aromatic carbocycles. The molecule has 0 radical (unpaired) electrons. The Kier molecular flexibility index (Phi) is 10.2. The van der Waals surface area contributed by atoms with Crippen LogP contribution in [-0.4, -0.2) is 28.7 Å². The third-order valence-corrected chi connectivity index (χ3v) is 5.12. The Morgan fingerprint density at radius 1 is 1.12 bits per heavy atom. The van der Waals surface area contributed by atoms with Crippen LogP contribution in [0.4, 0.5) is 0 Å². The molecule has 0 aromatic heterocycles. The Labute approximate surface area is 151 Å². The summed E-state index contributed by atoms with van der Waals surface area (Å²) in [6.45, 7) is 14.3. The molecule has 0 heterocycles. The average molecular weight is 348 g/mol. The SMILES string of the molecule is C[SiH](C)OCC(C=CCNCCCCc1ccccc1)C(C)(C)C. The smallest absolute Gasteiger partial charge is 0.170 e. The van der Waals surface area contributed by atoms with E-state index in [9.17, 15) is 0 Å². The molecule has 0 fully saturated rings. The van der Waals surface area contributed by atoms with E-state index in [4.69, 9.17) is 4.43 Å². The Balaban J connectivity index is 2.16. The molecular weight excluding hydrogens is 310 g/mol. The van der Waals surface area contributed by atoms with Gasteiger partial charge in [-0.25, -0.2) is 0 Å². The summed E-state index contributed by atoms with van der Waals surface area (Å²) in [5.74, 6) is 0.493. The molecule has 0 aliphatic carbocycles. The van der Waals surface area contributed by atoms with Crippen molar-refractivity contribution in [3.63, 3.8) is 0 Å². The summed E-state index contributed by atoms with van der Waals surface area (Å²) in [4.78, 5) is 0. The number of unbranched alkanes of at least 4 members (excludes halogenated alkanes) is 1. The van der Waals surface area contributed by atoms with Crippen LogP contribution in [0.5, 0.6) is 0 Å². The van der Waals surface area contributed by atoms with E-state index in [0.29, 0.717) is 5.92 Å². The second-order valence-electron chi connectivity index (χ2n) is 7.93. The van der Waals surface area contributed by atoms with Gasteiger partial charge in [0.25, 0.3) is 0 Å². The number of nitrogens with one attached hydrogen (secondary N) is 1. The van der Waals surface area contributed by atoms with Gasteiger partial charge in [0.05, 0.1) is 0 Å². The average Bonchev–Trinajstić information content (AvgIpc) is 2.52. The van der Waals surface area contributed by atoms with Gasteiger partial charge in [0, 0.05) is 19.1 Å². The third-order valence-electron chi connectivity index (χ3n) is 4.26. The van der Waals surface area contributed by atoms with E-state index in [-0.39, 0.29) is 5.41 Å². The minimum Gasteiger partial charge on any atom is -0.420 e. The highest BCUT2D eigenvalue weighted by molar-refractivity contribution is 6.48. The van der Waals surface area contributed by atoms with Crippen LogP contribution < -0.4 is 5.32 Å². The van der Waals surface area contributed by atoms with Gasteiger partial charge in [0.15, 0.2) is 9.04 Å². The molecule has 1 N–H and O–H groups in total. The predicted octanol–water partition coefficient (Wildman–Crippen LogP) is 4.82. The first-order chi connectivity index (χ1) is 11.4. The molecule has 1 unspecified atom stereocenters. The first-order valence-corrected chi connectivity index (χ1v) is 12.2. The van der Waals surface area contributed by atoms with E-state index < -0.39 is 9.04 Å². The van der Waals surface area contributed by atoms with Gasteiger partial charge in [-0.2, -0.15) is 0 Å². The van der Waals surface area contributed by atoms with Crippen molar-refractivity contribution in [2.75, 3.05) is 19.7 Å². The van der Waals surface area contributed by atoms with Crippen LogP contribution in [0.25, 0.3) is 0 Å². The molecule has 0 saturated carbocycles. The molecule has 1 aromatic rings. The molecule has 0 bridgehead atoms. The molecule has 1 rings (SSSR count). The topological polar surface area (TPSA) is 21.3 Å². The van der Waals surface area contributed by atoms with Crippen molar-refractivity contribution in [2.45, 2.75) is 53.1 Å². The molecular formula is C21H37NOSi. The normalized spacial score (nSPS) is 13.8. The van der Waals surface area contributed by atoms with E-state index in [0.717, 1.165) is 19.7 Å². The van der Waals surface area contributed by atoms with Crippen LogP contribution >= 0.6 is 0 Å². The lowest BCUT2D eigenvalue weighted by Crippen LogP contribution is -2.26. The number of rotatable bonds is 11. The van der Waals surface area contributed by atoms with Gasteiger partial charge < -0.3 is 9.74 Å². The van der Waals surface area contributed by atoms with Crippen LogP contribution in [0.15, 0.2) is 42.5 Å². The van der Waals surface area contributed by atoms with Crippen molar-refractivity contribution >= 4 is 9.04 Å². The summed E-state index contributed by atoms with van der Waals surface area (Å²) in [5, 5.41) is 3.52. The minimum atomic E-state index is -0.935. The Morgan fingerprint density at radius 2 is 1.83 bits per heavy atom. The van der Waals surface area contributed by atoms with E-state index in [2.05, 4.69) is 81.7 Å². The first kappa shape index (κ1) is 21.1. The third kappa shape index (κ3) is 10.1. The van der Waals surface area contributed by atoms with Crippen molar-refractivity contribution in [3.05, 3.63) is 48.0 Å². The van der Waals surface area contributed by atoms with Gasteiger partial charge in [-0.15, -0.1) is 0 Å². The van der Waals surface area contributed by atoms with Crippen molar-refractivity contribution < 1.29 is 4.43 Å². The molecule has 0 amide bonds. The minimum absolute atomic E-state index is 0.259. The quantitative estimate of drug-likeness (QED) is 0.352. The van der Waals surface area contributed by atoms with Crippen molar-refractivity contribution in [1.82, 2.24) is 5.32 Å². The van der Waals surface area contributed by atoms with Crippen molar-refractivity contribution in [2.24, 2.45) is 11.3 Å². The fourth-order valence-corrected chi connectivity index (χ4v) is 3.12. The highest BCUT2D eigenvalue weighted by Gasteiger charge is 2.22. The van der Waals surface area contributed by atoms with Crippen LogP contribution in [0, 0.1) is 11.3 Å². The van der Waals surface area contributed by atoms with Gasteiger partial charge in [-0.3, -0.25) is 0 Å². The zero-order valence-corrected chi connectivity index (χ0v) is 17.5. The number of hydrogen-bond donors (Lipinski definition) is 1. The first-order valence-electron chi connectivity index (χ1n) is 9.42. The maximum atomic E-state index is 5.95. The highest BCUT2D eigenvalue weighted by Crippen LogP contribution is 2.27. The Bertz CT molecular complexity index is 451. The van der Waals surface area contributed by atoms with Gasteiger partial charge in [-0.1, -0.05) is 63.3 Å². The molecule has 3 heteroatoms. The molecule has 0 aliphatic heterocycles. The van der Waals surface area contributed by atoms with Gasteiger partial charge in [0.2, 0.25) is 0 Å². The molecule has 2 nitrogen and oxygen atoms in total. The summed E-state index contributed by atoms with van der Waals surface area (Å²) >= 11 is 0. The summed E-state index contributed by atoms with van der Waals surface area (Å²) in [5.41, 5.74) is 1.70. The second-order valence-corrected chi connectivity index (χ2v) is 10.4. The number of benzene rings is 1. The standard InChI is InChI=1S/C21H37NOSi/c1-21(2,3)20(18-23-24(4)5)15-11-17-22-16-10-9-14-19-12-7-6-8-13-19/h6-8,11-13,15,20,22,24H,9-10,14,16-18H2,1-5H3. The van der Waals surface area contributed by atoms with Crippen LogP contribution in [0.3, 0.4) is 0 Å². The lowest BCUT2D eigenvalue weighted by Gasteiger charge is -2.29. The predicted molar refractivity (Wildman–Crippen MR) is 109 cm³/mol. The molecule has 0 saturated heterocycles. The largest absolute Gasteiger partial charge is 0.420 e. The second kappa shape index (κ2) is 11.6. The monoisotopic (exact) mass is 347 g/mol. The Hall–Kier alpha value is -0.903. The summed E-state index contributed by atoms with van der Waals surface area (Å²) in [7, 11) is -0.935. The lowest BCUT2D eigenvalue weighted by atomic mass is 9.81. The molecule has 0 aliphatic rings. The van der Waals surface area contributed by atoms with Crippen molar-refractivity contribution in [3.8, 4) is 0 Å². The maximum absolute atomic E-state index is 5.95. The van der Waals surface area contributed by atoms with Gasteiger partial charge in [-0.05, 0) is 49.9 Å². The molecule has 136 valence electrons. The van der Waals surface area contributed by atoms with E-state index in [1.807, 2.05) is 0 Å². The molecule has 24 heavy (non-hydrogen) atoms. The summed E-state index contributed by atoms with van der Waals surface area (Å²) in [6, 6.07) is 10.7. The van der Waals surface area contributed by atoms with Crippen LogP contribution in [0.1, 0.15) is 39.2 Å².